The molecule has 0 spiro atoms. The van der Waals surface area contributed by atoms with E-state index in [1.165, 1.54) is 20.8 Å². The molecule has 0 fully saturated rings. The van der Waals surface area contributed by atoms with Crippen LogP contribution in [0.3, 0.4) is 0 Å². The van der Waals surface area contributed by atoms with Crippen LogP contribution < -0.4 is 0 Å². The number of carbonyl (C=O) groups excluding carboxylic acids is 1. The predicted octanol–water partition coefficient (Wildman–Crippen LogP) is 1.04. The van der Waals surface area contributed by atoms with Crippen LogP contribution in [0.15, 0.2) is 12.7 Å². The van der Waals surface area contributed by atoms with Gasteiger partial charge in [-0.25, -0.2) is 0 Å². The number of allylic oxidation sites excluding steroid dienone is 1. The lowest BCUT2D eigenvalue weighted by Crippen LogP contribution is -2.41. The molecule has 0 aromatic heterocycles. The van der Waals surface area contributed by atoms with Gasteiger partial charge in [0.2, 0.25) is 0 Å². The Kier molecular flexibility index (Phi) is 3.40. The number of hydrogen-bond donors (Lipinski definition) is 1. The summed E-state index contributed by atoms with van der Waals surface area (Å²) in [5.74, 6) is -1.21. The second-order valence-electron chi connectivity index (χ2n) is 3.41. The van der Waals surface area contributed by atoms with Gasteiger partial charge in [-0.3, -0.25) is 9.35 Å². The van der Waals surface area contributed by atoms with Crippen molar-refractivity contribution >= 4 is 15.9 Å². The van der Waals surface area contributed by atoms with Gasteiger partial charge >= 0.3 is 0 Å². The highest BCUT2D eigenvalue weighted by Crippen LogP contribution is 2.26. The van der Waals surface area contributed by atoms with Gasteiger partial charge in [-0.1, -0.05) is 13.5 Å². The maximum atomic E-state index is 11.1. The average Bonchev–Trinajstić information content (AvgIpc) is 1.99. The molecule has 0 aliphatic carbocycles. The normalized spacial score (nSPS) is 15.1. The molecule has 0 rings (SSSR count). The number of rotatable bonds is 4. The molecule has 1 unspecified atom stereocenters. The van der Waals surface area contributed by atoms with Crippen LogP contribution in [0.2, 0.25) is 0 Å². The molecule has 0 aliphatic rings. The van der Waals surface area contributed by atoms with Gasteiger partial charge in [-0.15, -0.1) is 0 Å². The summed E-state index contributed by atoms with van der Waals surface area (Å²) in [6.45, 7) is 7.29. The van der Waals surface area contributed by atoms with Crippen LogP contribution in [-0.4, -0.2) is 23.5 Å². The molecule has 1 N–H and O–H groups in total. The summed E-state index contributed by atoms with van der Waals surface area (Å²) in [4.78, 5) is 11.1. The van der Waals surface area contributed by atoms with Crippen molar-refractivity contribution in [3.05, 3.63) is 12.7 Å². The van der Waals surface area contributed by atoms with E-state index >= 15 is 0 Å². The molecular formula is C8H14O4S. The lowest BCUT2D eigenvalue weighted by Gasteiger charge is -2.26. The van der Waals surface area contributed by atoms with E-state index in [0.29, 0.717) is 0 Å². The van der Waals surface area contributed by atoms with Crippen LogP contribution in [-0.2, 0) is 14.9 Å². The fraction of sp³-hybridized carbons (Fsp3) is 0.625. The molecule has 4 nitrogen and oxygen atoms in total. The maximum Gasteiger partial charge on any atom is 0.270 e. The van der Waals surface area contributed by atoms with Crippen molar-refractivity contribution in [1.82, 2.24) is 0 Å². The standard InChI is InChI=1S/C8H14O4S/c1-5-7(9)6(2)8(3,4)13(10,11)12/h5-6H,1H2,2-4H3,(H,10,11,12). The Morgan fingerprint density at radius 2 is 1.92 bits per heavy atom. The van der Waals surface area contributed by atoms with Gasteiger partial charge in [-0.2, -0.15) is 8.42 Å². The Balaban J connectivity index is 5.07. The average molecular weight is 206 g/mol. The first-order chi connectivity index (χ1) is 5.64. The van der Waals surface area contributed by atoms with Crippen LogP contribution >= 0.6 is 0 Å². The smallest absolute Gasteiger partial charge is 0.270 e. The highest BCUT2D eigenvalue weighted by atomic mass is 32.2. The van der Waals surface area contributed by atoms with E-state index in [4.69, 9.17) is 4.55 Å². The van der Waals surface area contributed by atoms with E-state index in [2.05, 4.69) is 6.58 Å². The Hall–Kier alpha value is -0.680. The fourth-order valence-electron chi connectivity index (χ4n) is 0.743. The first kappa shape index (κ1) is 12.3. The third-order valence-electron chi connectivity index (χ3n) is 2.34. The van der Waals surface area contributed by atoms with Crippen molar-refractivity contribution in [2.24, 2.45) is 5.92 Å². The third-order valence-corrected chi connectivity index (χ3v) is 4.02. The maximum absolute atomic E-state index is 11.1. The first-order valence-electron chi connectivity index (χ1n) is 3.78. The fourth-order valence-corrected chi connectivity index (χ4v) is 1.31. The van der Waals surface area contributed by atoms with Crippen LogP contribution in [0.5, 0.6) is 0 Å². The van der Waals surface area contributed by atoms with Crippen LogP contribution in [0.25, 0.3) is 0 Å². The van der Waals surface area contributed by atoms with Crippen molar-refractivity contribution in [1.29, 1.82) is 0 Å². The van der Waals surface area contributed by atoms with E-state index in [-0.39, 0.29) is 0 Å². The lowest BCUT2D eigenvalue weighted by molar-refractivity contribution is -0.118. The van der Waals surface area contributed by atoms with E-state index < -0.39 is 26.6 Å². The highest BCUT2D eigenvalue weighted by Gasteiger charge is 2.41. The summed E-state index contributed by atoms with van der Waals surface area (Å²) in [6.07, 6.45) is 1.05. The van der Waals surface area contributed by atoms with Gasteiger partial charge in [-0.05, 0) is 19.9 Å². The Morgan fingerprint density at radius 1 is 1.54 bits per heavy atom. The van der Waals surface area contributed by atoms with Gasteiger partial charge in [0.05, 0.1) is 0 Å². The van der Waals surface area contributed by atoms with Gasteiger partial charge in [0.15, 0.2) is 5.78 Å². The summed E-state index contributed by atoms with van der Waals surface area (Å²) >= 11 is 0. The Morgan fingerprint density at radius 3 is 2.15 bits per heavy atom. The molecule has 0 amide bonds. The second-order valence-corrected chi connectivity index (χ2v) is 5.41. The van der Waals surface area contributed by atoms with Crippen LogP contribution in [0.1, 0.15) is 20.8 Å². The van der Waals surface area contributed by atoms with Crippen LogP contribution in [0.4, 0.5) is 0 Å². The summed E-state index contributed by atoms with van der Waals surface area (Å²) in [7, 11) is -4.23. The van der Waals surface area contributed by atoms with E-state index in [9.17, 15) is 13.2 Å². The molecule has 0 aromatic rings. The highest BCUT2D eigenvalue weighted by molar-refractivity contribution is 7.87. The minimum Gasteiger partial charge on any atom is -0.295 e. The summed E-state index contributed by atoms with van der Waals surface area (Å²) in [5.41, 5.74) is 0. The summed E-state index contributed by atoms with van der Waals surface area (Å²) in [6, 6.07) is 0. The van der Waals surface area contributed by atoms with Gasteiger partial charge in [0.25, 0.3) is 10.1 Å². The van der Waals surface area contributed by atoms with Crippen molar-refractivity contribution in [2.45, 2.75) is 25.5 Å². The molecule has 5 heteroatoms. The molecule has 1 atom stereocenters. The van der Waals surface area contributed by atoms with Crippen molar-refractivity contribution in [3.8, 4) is 0 Å². The van der Waals surface area contributed by atoms with Gasteiger partial charge in [0, 0.05) is 5.92 Å². The Labute approximate surface area is 78.4 Å². The molecule has 0 radical (unpaired) electrons. The number of hydrogen-bond acceptors (Lipinski definition) is 3. The van der Waals surface area contributed by atoms with Crippen molar-refractivity contribution in [3.63, 3.8) is 0 Å². The SMILES string of the molecule is C=CC(=O)C(C)C(C)(C)S(=O)(=O)O. The van der Waals surface area contributed by atoms with Crippen molar-refractivity contribution in [2.75, 3.05) is 0 Å². The monoisotopic (exact) mass is 206 g/mol. The molecule has 0 bridgehead atoms. The zero-order chi connectivity index (χ0) is 10.9. The van der Waals surface area contributed by atoms with Crippen molar-refractivity contribution < 1.29 is 17.8 Å². The van der Waals surface area contributed by atoms with E-state index in [1.807, 2.05) is 0 Å². The summed E-state index contributed by atoms with van der Waals surface area (Å²) < 4.78 is 29.1. The molecule has 0 aromatic carbocycles. The minimum atomic E-state index is -4.23. The van der Waals surface area contributed by atoms with Gasteiger partial charge < -0.3 is 0 Å². The molecule has 0 saturated carbocycles. The molecular weight excluding hydrogens is 192 g/mol. The van der Waals surface area contributed by atoms with Gasteiger partial charge in [0.1, 0.15) is 4.75 Å². The minimum absolute atomic E-state index is 0.400. The molecule has 76 valence electrons. The first-order valence-corrected chi connectivity index (χ1v) is 5.22. The quantitative estimate of drug-likeness (QED) is 0.551. The predicted molar refractivity (Wildman–Crippen MR) is 50.0 cm³/mol. The number of ketones is 1. The topological polar surface area (TPSA) is 71.4 Å². The zero-order valence-electron chi connectivity index (χ0n) is 7.94. The molecule has 13 heavy (non-hydrogen) atoms. The summed E-state index contributed by atoms with van der Waals surface area (Å²) in [5, 5.41) is 0. The number of carbonyl (C=O) groups is 1. The molecule has 0 aliphatic heterocycles. The van der Waals surface area contributed by atoms with E-state index in [1.54, 1.807) is 0 Å². The molecule has 0 saturated heterocycles. The second kappa shape index (κ2) is 3.59. The zero-order valence-corrected chi connectivity index (χ0v) is 8.76. The Bertz CT molecular complexity index is 313. The third kappa shape index (κ3) is 2.38. The largest absolute Gasteiger partial charge is 0.295 e. The van der Waals surface area contributed by atoms with E-state index in [0.717, 1.165) is 6.08 Å². The lowest BCUT2D eigenvalue weighted by atomic mass is 9.93. The van der Waals surface area contributed by atoms with Crippen LogP contribution in [0, 0.1) is 5.92 Å². The molecule has 0 heterocycles.